The SMILES string of the molecule is C[Si](C)(C)C[P+](=O)O. The minimum absolute atomic E-state index is 0.530. The van der Waals surface area contributed by atoms with Crippen molar-refractivity contribution in [2.75, 3.05) is 5.79 Å². The largest absolute Gasteiger partial charge is 0.501 e. The molecule has 0 rings (SSSR count). The van der Waals surface area contributed by atoms with Crippen molar-refractivity contribution in [3.8, 4) is 0 Å². The summed E-state index contributed by atoms with van der Waals surface area (Å²) in [4.78, 5) is 8.43. The quantitative estimate of drug-likeness (QED) is 0.480. The van der Waals surface area contributed by atoms with Crippen LogP contribution in [-0.2, 0) is 4.57 Å². The maximum absolute atomic E-state index is 10.2. The van der Waals surface area contributed by atoms with Crippen LogP contribution in [-0.4, -0.2) is 18.8 Å². The van der Waals surface area contributed by atoms with Gasteiger partial charge in [-0.2, -0.15) is 4.89 Å². The van der Waals surface area contributed by atoms with Crippen molar-refractivity contribution < 1.29 is 9.46 Å². The maximum atomic E-state index is 10.2. The Kier molecular flexibility index (Phi) is 2.81. The molecule has 0 bridgehead atoms. The third-order valence-corrected chi connectivity index (χ3v) is 5.49. The normalized spacial score (nSPS) is 13.8. The lowest BCUT2D eigenvalue weighted by molar-refractivity contribution is 0.507. The molecule has 1 atom stereocenters. The molecule has 2 nitrogen and oxygen atoms in total. The molecule has 0 aliphatic rings. The van der Waals surface area contributed by atoms with Gasteiger partial charge < -0.3 is 0 Å². The fraction of sp³-hybridized carbons (Fsp3) is 1.00. The monoisotopic (exact) mass is 151 g/mol. The van der Waals surface area contributed by atoms with E-state index in [0.717, 1.165) is 0 Å². The summed E-state index contributed by atoms with van der Waals surface area (Å²) >= 11 is 0. The Morgan fingerprint density at radius 1 is 1.50 bits per heavy atom. The molecule has 4 heteroatoms. The Balaban J connectivity index is 3.55. The average molecular weight is 151 g/mol. The highest BCUT2D eigenvalue weighted by Crippen LogP contribution is 2.19. The van der Waals surface area contributed by atoms with Crippen molar-refractivity contribution in [1.82, 2.24) is 0 Å². The first-order chi connectivity index (χ1) is 3.42. The minimum atomic E-state index is -1.88. The summed E-state index contributed by atoms with van der Waals surface area (Å²) in [5.74, 6) is 0.530. The molecular formula is C4H12O2PSi+. The zero-order chi connectivity index (χ0) is 6.78. The van der Waals surface area contributed by atoms with E-state index in [2.05, 4.69) is 19.6 Å². The molecule has 8 heavy (non-hydrogen) atoms. The lowest BCUT2D eigenvalue weighted by Crippen LogP contribution is -2.23. The van der Waals surface area contributed by atoms with E-state index < -0.39 is 16.1 Å². The summed E-state index contributed by atoms with van der Waals surface area (Å²) < 4.78 is 10.2. The van der Waals surface area contributed by atoms with Crippen LogP contribution in [0.5, 0.6) is 0 Å². The van der Waals surface area contributed by atoms with Crippen molar-refractivity contribution in [3.05, 3.63) is 0 Å². The summed E-state index contributed by atoms with van der Waals surface area (Å²) in [7, 11) is -3.13. The van der Waals surface area contributed by atoms with Crippen LogP contribution in [0.2, 0.25) is 19.6 Å². The summed E-state index contributed by atoms with van der Waals surface area (Å²) in [6.07, 6.45) is 0. The molecule has 0 aliphatic heterocycles. The molecule has 0 amide bonds. The van der Waals surface area contributed by atoms with Crippen LogP contribution in [0.15, 0.2) is 0 Å². The van der Waals surface area contributed by atoms with Gasteiger partial charge in [-0.3, -0.25) is 0 Å². The van der Waals surface area contributed by atoms with Gasteiger partial charge in [0.1, 0.15) is 8.07 Å². The second-order valence-corrected chi connectivity index (χ2v) is 10.2. The van der Waals surface area contributed by atoms with Gasteiger partial charge in [0.25, 0.3) is 0 Å². The van der Waals surface area contributed by atoms with Gasteiger partial charge in [-0.05, 0) is 4.57 Å². The first-order valence-electron chi connectivity index (χ1n) is 2.55. The number of hydrogen-bond acceptors (Lipinski definition) is 1. The van der Waals surface area contributed by atoms with Crippen LogP contribution >= 0.6 is 8.03 Å². The zero-order valence-corrected chi connectivity index (χ0v) is 7.40. The number of hydrogen-bond donors (Lipinski definition) is 1. The lowest BCUT2D eigenvalue weighted by atomic mass is 11.8. The van der Waals surface area contributed by atoms with Gasteiger partial charge in [0.05, 0.1) is 0 Å². The molecule has 0 heterocycles. The van der Waals surface area contributed by atoms with E-state index in [1.165, 1.54) is 0 Å². The third-order valence-electron chi connectivity index (χ3n) is 0.610. The summed E-state index contributed by atoms with van der Waals surface area (Å²) in [5.41, 5.74) is 0. The Labute approximate surface area is 51.8 Å². The van der Waals surface area contributed by atoms with Gasteiger partial charge in [-0.1, -0.05) is 19.6 Å². The van der Waals surface area contributed by atoms with Crippen molar-refractivity contribution in [1.29, 1.82) is 0 Å². The fourth-order valence-corrected chi connectivity index (χ4v) is 3.65. The predicted molar refractivity (Wildman–Crippen MR) is 38.0 cm³/mol. The van der Waals surface area contributed by atoms with E-state index in [1.54, 1.807) is 0 Å². The Morgan fingerprint density at radius 3 is 1.88 bits per heavy atom. The minimum Gasteiger partial charge on any atom is -0.161 e. The zero-order valence-electron chi connectivity index (χ0n) is 5.51. The van der Waals surface area contributed by atoms with Crippen LogP contribution in [0.3, 0.4) is 0 Å². The standard InChI is InChI=1S/C4H11O2PSi/c1-8(2,3)4-7(5)6/h4H2,1-3H3/p+1. The lowest BCUT2D eigenvalue weighted by Gasteiger charge is -2.03. The number of rotatable bonds is 2. The highest BCUT2D eigenvalue weighted by molar-refractivity contribution is 7.42. The van der Waals surface area contributed by atoms with E-state index in [0.29, 0.717) is 5.79 Å². The summed E-state index contributed by atoms with van der Waals surface area (Å²) in [5, 5.41) is 0. The highest BCUT2D eigenvalue weighted by atomic mass is 31.1. The third kappa shape index (κ3) is 6.28. The van der Waals surface area contributed by atoms with Crippen molar-refractivity contribution in [3.63, 3.8) is 0 Å². The predicted octanol–water partition coefficient (Wildman–Crippen LogP) is 1.60. The van der Waals surface area contributed by atoms with Gasteiger partial charge in [0.2, 0.25) is 0 Å². The second kappa shape index (κ2) is 2.71. The van der Waals surface area contributed by atoms with Crippen LogP contribution in [0, 0.1) is 0 Å². The molecule has 0 saturated heterocycles. The Bertz CT molecular complexity index is 96.7. The summed E-state index contributed by atoms with van der Waals surface area (Å²) in [6, 6.07) is 0. The van der Waals surface area contributed by atoms with Gasteiger partial charge in [-0.25, -0.2) is 0 Å². The molecule has 0 spiro atoms. The molecule has 1 unspecified atom stereocenters. The molecule has 1 N–H and O–H groups in total. The van der Waals surface area contributed by atoms with Crippen molar-refractivity contribution >= 4 is 16.1 Å². The van der Waals surface area contributed by atoms with E-state index in [1.807, 2.05) is 0 Å². The molecule has 0 aromatic rings. The second-order valence-electron chi connectivity index (χ2n) is 3.07. The van der Waals surface area contributed by atoms with Gasteiger partial charge in [-0.15, -0.1) is 0 Å². The fourth-order valence-electron chi connectivity index (χ4n) is 0.406. The first kappa shape index (κ1) is 8.28. The van der Waals surface area contributed by atoms with Crippen LogP contribution < -0.4 is 0 Å². The molecular weight excluding hydrogens is 139 g/mol. The van der Waals surface area contributed by atoms with Gasteiger partial charge >= 0.3 is 8.03 Å². The first-order valence-corrected chi connectivity index (χ1v) is 7.66. The van der Waals surface area contributed by atoms with Crippen molar-refractivity contribution in [2.24, 2.45) is 0 Å². The molecule has 0 aliphatic carbocycles. The molecule has 0 radical (unpaired) electrons. The molecule has 0 aromatic carbocycles. The van der Waals surface area contributed by atoms with E-state index in [4.69, 9.17) is 4.89 Å². The molecule has 0 saturated carbocycles. The molecule has 0 aromatic heterocycles. The van der Waals surface area contributed by atoms with Crippen molar-refractivity contribution in [2.45, 2.75) is 19.6 Å². The molecule has 48 valence electrons. The Morgan fingerprint density at radius 2 is 1.88 bits per heavy atom. The highest BCUT2D eigenvalue weighted by Gasteiger charge is 2.25. The van der Waals surface area contributed by atoms with E-state index in [9.17, 15) is 4.57 Å². The Hall–Kier alpha value is 0.277. The van der Waals surface area contributed by atoms with Crippen LogP contribution in [0.1, 0.15) is 0 Å². The van der Waals surface area contributed by atoms with Gasteiger partial charge in [0, 0.05) is 0 Å². The van der Waals surface area contributed by atoms with E-state index in [-0.39, 0.29) is 0 Å². The molecule has 0 fully saturated rings. The topological polar surface area (TPSA) is 37.3 Å². The van der Waals surface area contributed by atoms with Crippen LogP contribution in [0.25, 0.3) is 0 Å². The van der Waals surface area contributed by atoms with Gasteiger partial charge in [0.15, 0.2) is 5.79 Å². The smallest absolute Gasteiger partial charge is 0.161 e. The van der Waals surface area contributed by atoms with Crippen LogP contribution in [0.4, 0.5) is 0 Å². The summed E-state index contributed by atoms with van der Waals surface area (Å²) in [6.45, 7) is 6.24. The average Bonchev–Trinajstić information content (AvgIpc) is 1.21. The van der Waals surface area contributed by atoms with E-state index >= 15 is 0 Å². The maximum Gasteiger partial charge on any atom is 0.501 e.